The van der Waals surface area contributed by atoms with Crippen LogP contribution in [-0.2, 0) is 23.9 Å². The molecule has 3 aromatic rings. The second kappa shape index (κ2) is 10.5. The summed E-state index contributed by atoms with van der Waals surface area (Å²) in [4.78, 5) is 55.0. The highest BCUT2D eigenvalue weighted by Gasteiger charge is 2.37. The Kier molecular flexibility index (Phi) is 7.55. The smallest absolute Gasteiger partial charge is 0.312 e. The van der Waals surface area contributed by atoms with Gasteiger partial charge in [-0.25, -0.2) is 4.98 Å². The predicted octanol–water partition coefficient (Wildman–Crippen LogP) is 2.10. The second-order valence-electron chi connectivity index (χ2n) is 7.24. The topological polar surface area (TPSA) is 138 Å². The van der Waals surface area contributed by atoms with Gasteiger partial charge in [0.15, 0.2) is 0 Å². The molecule has 0 saturated carbocycles. The summed E-state index contributed by atoms with van der Waals surface area (Å²) in [6.45, 7) is 3.32. The zero-order chi connectivity index (χ0) is 24.0. The molecular weight excluding hydrogens is 426 g/mol. The number of para-hydroxylation sites is 2. The van der Waals surface area contributed by atoms with Gasteiger partial charge in [0, 0.05) is 10.8 Å². The summed E-state index contributed by atoms with van der Waals surface area (Å²) in [5.41, 5.74) is 7.00. The number of primary amides is 1. The van der Waals surface area contributed by atoms with Gasteiger partial charge < -0.3 is 20.5 Å². The average molecular weight is 451 g/mol. The largest absolute Gasteiger partial charge is 0.466 e. The van der Waals surface area contributed by atoms with Crippen LogP contribution in [0.15, 0.2) is 48.5 Å². The molecule has 0 spiro atoms. The average Bonchev–Trinajstić information content (AvgIpc) is 2.79. The Labute approximate surface area is 190 Å². The van der Waals surface area contributed by atoms with Gasteiger partial charge in [0.25, 0.3) is 5.91 Å². The summed E-state index contributed by atoms with van der Waals surface area (Å²) < 4.78 is 9.94. The third-order valence-electron chi connectivity index (χ3n) is 5.09. The lowest BCUT2D eigenvalue weighted by atomic mass is 9.94. The number of benzene rings is 2. The molecule has 1 aromatic heterocycles. The molecule has 0 saturated heterocycles. The van der Waals surface area contributed by atoms with E-state index >= 15 is 0 Å². The number of ether oxygens (including phenoxy) is 2. The molecule has 172 valence electrons. The maximum atomic E-state index is 13.5. The van der Waals surface area contributed by atoms with Crippen molar-refractivity contribution in [3.8, 4) is 0 Å². The molecule has 1 heterocycles. The third kappa shape index (κ3) is 5.25. The van der Waals surface area contributed by atoms with Crippen LogP contribution in [0, 0.1) is 5.92 Å². The van der Waals surface area contributed by atoms with E-state index in [1.807, 2.05) is 0 Å². The lowest BCUT2D eigenvalue weighted by Gasteiger charge is -2.24. The van der Waals surface area contributed by atoms with Gasteiger partial charge in [0.2, 0.25) is 5.91 Å². The molecular formula is C24H25N3O6. The summed E-state index contributed by atoms with van der Waals surface area (Å²) in [5.74, 6) is -4.50. The highest BCUT2D eigenvalue weighted by atomic mass is 16.5. The van der Waals surface area contributed by atoms with E-state index in [9.17, 15) is 19.2 Å². The Bertz CT molecular complexity index is 1160. The van der Waals surface area contributed by atoms with E-state index in [1.165, 1.54) is 0 Å². The highest BCUT2D eigenvalue weighted by Crippen LogP contribution is 2.26. The molecule has 9 nitrogen and oxygen atoms in total. The van der Waals surface area contributed by atoms with Crippen LogP contribution < -0.4 is 11.1 Å². The molecule has 0 aliphatic rings. The van der Waals surface area contributed by atoms with Crippen molar-refractivity contribution in [2.75, 3.05) is 13.2 Å². The van der Waals surface area contributed by atoms with Crippen LogP contribution in [0.2, 0.25) is 0 Å². The van der Waals surface area contributed by atoms with Crippen LogP contribution in [0.1, 0.15) is 30.6 Å². The fourth-order valence-electron chi connectivity index (χ4n) is 3.65. The van der Waals surface area contributed by atoms with Crippen molar-refractivity contribution in [2.24, 2.45) is 11.7 Å². The molecule has 0 radical (unpaired) electrons. The minimum absolute atomic E-state index is 0.0250. The number of carbonyl (C=O) groups excluding carboxylic acids is 4. The Morgan fingerprint density at radius 1 is 0.909 bits per heavy atom. The molecule has 0 unspecified atom stereocenters. The van der Waals surface area contributed by atoms with Crippen molar-refractivity contribution in [1.29, 1.82) is 0 Å². The summed E-state index contributed by atoms with van der Waals surface area (Å²) in [6.07, 6.45) is -0.474. The van der Waals surface area contributed by atoms with E-state index in [4.69, 9.17) is 15.2 Å². The first-order valence-corrected chi connectivity index (χ1v) is 10.6. The molecule has 3 N–H and O–H groups in total. The first-order valence-electron chi connectivity index (χ1n) is 10.6. The van der Waals surface area contributed by atoms with Crippen LogP contribution >= 0.6 is 0 Å². The maximum Gasteiger partial charge on any atom is 0.312 e. The van der Waals surface area contributed by atoms with Gasteiger partial charge in [-0.15, -0.1) is 0 Å². The molecule has 2 amide bonds. The number of hydrogen-bond acceptors (Lipinski definition) is 7. The number of nitrogens with zero attached hydrogens (tertiary/aromatic N) is 1. The molecule has 3 rings (SSSR count). The second-order valence-corrected chi connectivity index (χ2v) is 7.24. The number of rotatable bonds is 9. The Morgan fingerprint density at radius 2 is 1.45 bits per heavy atom. The van der Waals surface area contributed by atoms with Crippen LogP contribution in [0.4, 0.5) is 0 Å². The van der Waals surface area contributed by atoms with Gasteiger partial charge >= 0.3 is 11.9 Å². The van der Waals surface area contributed by atoms with Gasteiger partial charge in [-0.2, -0.15) is 0 Å². The molecule has 0 bridgehead atoms. The predicted molar refractivity (Wildman–Crippen MR) is 121 cm³/mol. The number of aromatic nitrogens is 1. The van der Waals surface area contributed by atoms with Gasteiger partial charge in [-0.1, -0.05) is 36.4 Å². The Morgan fingerprint density at radius 3 is 1.97 bits per heavy atom. The number of nitrogens with one attached hydrogen (secondary N) is 1. The van der Waals surface area contributed by atoms with E-state index < -0.39 is 42.1 Å². The van der Waals surface area contributed by atoms with Crippen LogP contribution in [0.25, 0.3) is 21.8 Å². The maximum absolute atomic E-state index is 13.5. The summed E-state index contributed by atoms with van der Waals surface area (Å²) in [7, 11) is 0. The van der Waals surface area contributed by atoms with Crippen molar-refractivity contribution < 1.29 is 28.7 Å². The van der Waals surface area contributed by atoms with Crippen molar-refractivity contribution in [3.05, 3.63) is 54.1 Å². The van der Waals surface area contributed by atoms with E-state index in [1.54, 1.807) is 62.4 Å². The molecule has 33 heavy (non-hydrogen) atoms. The molecule has 2 atom stereocenters. The van der Waals surface area contributed by atoms with Crippen LogP contribution in [0.3, 0.4) is 0 Å². The van der Waals surface area contributed by atoms with Crippen molar-refractivity contribution in [3.63, 3.8) is 0 Å². The van der Waals surface area contributed by atoms with Gasteiger partial charge in [-0.05, 0) is 26.0 Å². The lowest BCUT2D eigenvalue weighted by Crippen LogP contribution is -2.52. The molecule has 9 heteroatoms. The number of carbonyl (C=O) groups is 4. The van der Waals surface area contributed by atoms with E-state index in [2.05, 4.69) is 10.3 Å². The normalized spacial score (nSPS) is 12.7. The van der Waals surface area contributed by atoms with E-state index in [0.29, 0.717) is 21.8 Å². The van der Waals surface area contributed by atoms with Gasteiger partial charge in [0.05, 0.1) is 42.1 Å². The summed E-state index contributed by atoms with van der Waals surface area (Å²) in [6, 6.07) is 12.7. The number of fused-ring (bicyclic) bond motifs is 2. The van der Waals surface area contributed by atoms with Crippen molar-refractivity contribution in [2.45, 2.75) is 26.3 Å². The van der Waals surface area contributed by atoms with Gasteiger partial charge in [0.1, 0.15) is 6.04 Å². The lowest BCUT2D eigenvalue weighted by molar-refractivity contribution is -0.156. The summed E-state index contributed by atoms with van der Waals surface area (Å²) in [5, 5.41) is 3.68. The van der Waals surface area contributed by atoms with E-state index in [0.717, 1.165) is 0 Å². The highest BCUT2D eigenvalue weighted by molar-refractivity contribution is 6.17. The Balaban J connectivity index is 2.04. The number of esters is 2. The van der Waals surface area contributed by atoms with Crippen molar-refractivity contribution in [1.82, 2.24) is 10.3 Å². The number of nitrogens with two attached hydrogens (primary N) is 1. The molecule has 0 aliphatic heterocycles. The molecule has 0 fully saturated rings. The van der Waals surface area contributed by atoms with E-state index in [-0.39, 0.29) is 18.8 Å². The number of hydrogen-bond donors (Lipinski definition) is 2. The summed E-state index contributed by atoms with van der Waals surface area (Å²) >= 11 is 0. The fourth-order valence-corrected chi connectivity index (χ4v) is 3.65. The third-order valence-corrected chi connectivity index (χ3v) is 5.09. The van der Waals surface area contributed by atoms with Gasteiger partial charge in [-0.3, -0.25) is 19.2 Å². The zero-order valence-electron chi connectivity index (χ0n) is 18.4. The number of pyridine rings is 1. The molecule has 0 aliphatic carbocycles. The Hall–Kier alpha value is -4.01. The minimum Gasteiger partial charge on any atom is -0.466 e. The van der Waals surface area contributed by atoms with Crippen LogP contribution in [-0.4, -0.2) is 48.0 Å². The SMILES string of the molecule is CCOC(=O)C[C@@H](C(=O)OCC)[C@H](NC(=O)c1c2ccccc2nc2ccccc12)C(N)=O. The first-order chi connectivity index (χ1) is 15.9. The fraction of sp³-hybridized carbons (Fsp3) is 0.292. The molecule has 2 aromatic carbocycles. The first kappa shape index (κ1) is 23.6. The monoisotopic (exact) mass is 451 g/mol. The quantitative estimate of drug-likeness (QED) is 0.375. The zero-order valence-corrected chi connectivity index (χ0v) is 18.4. The van der Waals surface area contributed by atoms with Crippen LogP contribution in [0.5, 0.6) is 0 Å². The minimum atomic E-state index is -1.49. The number of amides is 2. The van der Waals surface area contributed by atoms with Crippen molar-refractivity contribution >= 4 is 45.6 Å². The standard InChI is InChI=1S/C24H25N3O6/c1-3-32-19(28)13-16(24(31)33-4-2)21(22(25)29)27-23(30)20-14-9-5-7-11-17(14)26-18-12-8-6-10-15(18)20/h5-12,16,21H,3-4,13H2,1-2H3,(H2,25,29)(H,27,30)/t16-,21+/m1/s1.